The Balaban J connectivity index is 0.00000288. The standard InChI is InChI=1S/C15H12I3NO4.Na/c16-9-6-11(12(17)13(18)14(9)20)23-8-3-1-7(2-4-8)5-10(19)15(21)22;/h1-4,6,10,20H,5,19H2,(H,21,22);/q;+1/p-1/t10-;/m1./s1. The van der Waals surface area contributed by atoms with Crippen molar-refractivity contribution in [3.05, 3.63) is 46.6 Å². The molecule has 3 N–H and O–H groups in total. The molecule has 0 heterocycles. The van der Waals surface area contributed by atoms with Crippen LogP contribution in [0.4, 0.5) is 0 Å². The molecule has 0 aliphatic heterocycles. The minimum atomic E-state index is -1.03. The summed E-state index contributed by atoms with van der Waals surface area (Å²) in [4.78, 5) is 10.8. The van der Waals surface area contributed by atoms with Gasteiger partial charge in [0.15, 0.2) is 0 Å². The van der Waals surface area contributed by atoms with Gasteiger partial charge >= 0.3 is 35.5 Å². The third kappa shape index (κ3) is 5.84. The fraction of sp³-hybridized carbons (Fsp3) is 0.133. The van der Waals surface area contributed by atoms with Crippen LogP contribution in [0.15, 0.2) is 30.3 Å². The first-order chi connectivity index (χ1) is 10.8. The smallest absolute Gasteiger partial charge is 0.871 e. The second-order valence-electron chi connectivity index (χ2n) is 4.71. The second kappa shape index (κ2) is 10.1. The number of rotatable bonds is 5. The minimum Gasteiger partial charge on any atom is -0.871 e. The summed E-state index contributed by atoms with van der Waals surface area (Å²) in [7, 11) is 0. The molecule has 0 unspecified atom stereocenters. The topological polar surface area (TPSA) is 95.6 Å². The molecular formula is C15H11I3NNaO4. The fourth-order valence-corrected chi connectivity index (χ4v) is 3.93. The largest absolute Gasteiger partial charge is 1.00 e. The van der Waals surface area contributed by atoms with Crippen LogP contribution in [-0.4, -0.2) is 17.1 Å². The van der Waals surface area contributed by atoms with Crippen LogP contribution in [0.1, 0.15) is 5.56 Å². The fourth-order valence-electron chi connectivity index (χ4n) is 1.79. The third-order valence-corrected chi connectivity index (χ3v) is 6.94. The number of hydrogen-bond acceptors (Lipinski definition) is 4. The minimum absolute atomic E-state index is 0. The van der Waals surface area contributed by atoms with Gasteiger partial charge in [-0.1, -0.05) is 17.9 Å². The quantitative estimate of drug-likeness (QED) is 0.271. The van der Waals surface area contributed by atoms with Gasteiger partial charge in [-0.25, -0.2) is 0 Å². The first-order valence-corrected chi connectivity index (χ1v) is 9.63. The molecule has 122 valence electrons. The van der Waals surface area contributed by atoms with Crippen molar-refractivity contribution < 1.29 is 49.3 Å². The van der Waals surface area contributed by atoms with Gasteiger partial charge in [-0.05, 0) is 98.0 Å². The van der Waals surface area contributed by atoms with Gasteiger partial charge in [0.1, 0.15) is 17.5 Å². The van der Waals surface area contributed by atoms with Gasteiger partial charge in [-0.3, -0.25) is 4.79 Å². The summed E-state index contributed by atoms with van der Waals surface area (Å²) in [6, 6.07) is 7.86. The maximum Gasteiger partial charge on any atom is 1.00 e. The van der Waals surface area contributed by atoms with Crippen LogP contribution in [0.25, 0.3) is 0 Å². The van der Waals surface area contributed by atoms with Crippen molar-refractivity contribution >= 4 is 73.7 Å². The van der Waals surface area contributed by atoms with E-state index in [-0.39, 0.29) is 41.7 Å². The maximum atomic E-state index is 11.9. The van der Waals surface area contributed by atoms with E-state index in [2.05, 4.69) is 22.6 Å². The second-order valence-corrected chi connectivity index (χ2v) is 8.03. The van der Waals surface area contributed by atoms with Gasteiger partial charge in [-0.2, -0.15) is 0 Å². The van der Waals surface area contributed by atoms with Gasteiger partial charge in [0.2, 0.25) is 0 Å². The number of carbonyl (C=O) groups is 1. The summed E-state index contributed by atoms with van der Waals surface area (Å²) in [6.45, 7) is 0. The van der Waals surface area contributed by atoms with E-state index in [9.17, 15) is 9.90 Å². The van der Waals surface area contributed by atoms with Crippen LogP contribution in [-0.2, 0) is 11.2 Å². The Hall–Kier alpha value is 0.660. The van der Waals surface area contributed by atoms with E-state index in [1.54, 1.807) is 30.3 Å². The first-order valence-electron chi connectivity index (χ1n) is 6.39. The average Bonchev–Trinajstić information content (AvgIpc) is 2.52. The van der Waals surface area contributed by atoms with Crippen LogP contribution < -0.4 is 45.1 Å². The van der Waals surface area contributed by atoms with Crippen molar-refractivity contribution in [3.63, 3.8) is 0 Å². The van der Waals surface area contributed by atoms with Gasteiger partial charge in [-0.15, -0.1) is 0 Å². The number of halogens is 3. The predicted octanol–water partition coefficient (Wildman–Crippen LogP) is 0.325. The number of hydrogen-bond donors (Lipinski definition) is 2. The van der Waals surface area contributed by atoms with Crippen LogP contribution in [0.5, 0.6) is 17.2 Å². The van der Waals surface area contributed by atoms with E-state index in [1.165, 1.54) is 0 Å². The predicted molar refractivity (Wildman–Crippen MR) is 110 cm³/mol. The number of ether oxygens (including phenoxy) is 1. The molecule has 0 aromatic heterocycles. The number of benzene rings is 2. The van der Waals surface area contributed by atoms with Crippen LogP contribution in [0.2, 0.25) is 0 Å². The molecule has 5 nitrogen and oxygen atoms in total. The molecule has 2 aromatic carbocycles. The molecule has 0 spiro atoms. The van der Waals surface area contributed by atoms with Gasteiger partial charge < -0.3 is 20.7 Å². The average molecular weight is 673 g/mol. The molecule has 9 heteroatoms. The van der Waals surface area contributed by atoms with Crippen molar-refractivity contribution in [2.24, 2.45) is 5.73 Å². The summed E-state index contributed by atoms with van der Waals surface area (Å²) in [5.74, 6) is 0.206. The van der Waals surface area contributed by atoms with E-state index < -0.39 is 12.0 Å². The van der Waals surface area contributed by atoms with Gasteiger partial charge in [0, 0.05) is 7.14 Å². The molecule has 0 aliphatic carbocycles. The first kappa shape index (κ1) is 22.7. The Morgan fingerprint density at radius 2 is 1.79 bits per heavy atom. The zero-order valence-electron chi connectivity index (χ0n) is 12.6. The van der Waals surface area contributed by atoms with Crippen molar-refractivity contribution in [1.82, 2.24) is 0 Å². The SMILES string of the molecule is N[C@H](Cc1ccc(Oc2cc(I)c([O-])c(I)c2I)cc1)C(=O)O.[Na+]. The van der Waals surface area contributed by atoms with Crippen molar-refractivity contribution in [2.45, 2.75) is 12.5 Å². The molecule has 0 aliphatic rings. The molecule has 0 saturated carbocycles. The molecule has 1 atom stereocenters. The Bertz CT molecular complexity index is 740. The van der Waals surface area contributed by atoms with Gasteiger partial charge in [0.25, 0.3) is 0 Å². The molecular weight excluding hydrogens is 662 g/mol. The summed E-state index contributed by atoms with van der Waals surface area (Å²) < 4.78 is 7.84. The zero-order valence-corrected chi connectivity index (χ0v) is 21.0. The third-order valence-electron chi connectivity index (χ3n) is 3.01. The summed E-state index contributed by atoms with van der Waals surface area (Å²) in [5.41, 5.74) is 6.33. The van der Waals surface area contributed by atoms with Crippen LogP contribution >= 0.6 is 67.8 Å². The Labute approximate surface area is 202 Å². The maximum absolute atomic E-state index is 11.9. The van der Waals surface area contributed by atoms with Gasteiger partial charge in [0.05, 0.1) is 3.57 Å². The molecule has 2 aromatic rings. The van der Waals surface area contributed by atoms with Crippen LogP contribution in [0.3, 0.4) is 0 Å². The molecule has 0 radical (unpaired) electrons. The number of nitrogens with two attached hydrogens (primary N) is 1. The molecule has 24 heavy (non-hydrogen) atoms. The molecule has 0 amide bonds. The zero-order chi connectivity index (χ0) is 17.1. The van der Waals surface area contributed by atoms with E-state index in [1.807, 2.05) is 45.2 Å². The summed E-state index contributed by atoms with van der Waals surface area (Å²) in [6.07, 6.45) is 0.258. The molecule has 0 bridgehead atoms. The monoisotopic (exact) mass is 673 g/mol. The molecule has 0 saturated heterocycles. The number of carboxylic acids is 1. The van der Waals surface area contributed by atoms with Crippen LogP contribution in [0, 0.1) is 10.7 Å². The molecule has 0 fully saturated rings. The Kier molecular flexibility index (Phi) is 9.57. The summed E-state index contributed by atoms with van der Waals surface area (Å²) >= 11 is 6.09. The van der Waals surface area contributed by atoms with Crippen molar-refractivity contribution in [3.8, 4) is 17.2 Å². The van der Waals surface area contributed by atoms with E-state index in [4.69, 9.17) is 15.6 Å². The number of aliphatic carboxylic acids is 1. The summed E-state index contributed by atoms with van der Waals surface area (Å²) in [5, 5.41) is 20.7. The van der Waals surface area contributed by atoms with Crippen molar-refractivity contribution in [1.29, 1.82) is 0 Å². The molecule has 2 rings (SSSR count). The normalized spacial score (nSPS) is 11.5. The Morgan fingerprint density at radius 1 is 1.21 bits per heavy atom. The van der Waals surface area contributed by atoms with E-state index in [0.29, 0.717) is 18.6 Å². The number of carboxylic acid groups (broad SMARTS) is 1. The van der Waals surface area contributed by atoms with E-state index >= 15 is 0 Å². The van der Waals surface area contributed by atoms with Crippen molar-refractivity contribution in [2.75, 3.05) is 0 Å². The van der Waals surface area contributed by atoms with E-state index in [0.717, 1.165) is 9.13 Å². The Morgan fingerprint density at radius 3 is 2.33 bits per heavy atom.